The predicted molar refractivity (Wildman–Crippen MR) is 97.4 cm³/mol. The minimum absolute atomic E-state index is 0.0216. The van der Waals surface area contributed by atoms with E-state index in [0.29, 0.717) is 10.9 Å². The lowest BCUT2D eigenvalue weighted by atomic mass is 10.2. The Morgan fingerprint density at radius 3 is 2.37 bits per heavy atom. The molecule has 10 heteroatoms. The average molecular weight is 365 g/mol. The van der Waals surface area contributed by atoms with Gasteiger partial charge in [-0.2, -0.15) is 14.6 Å². The number of anilines is 2. The number of nitroso groups, excluding NO2 is 1. The molecule has 2 heterocycles. The molecule has 4 N–H and O–H groups in total. The third kappa shape index (κ3) is 2.78. The molecule has 0 aliphatic heterocycles. The summed E-state index contributed by atoms with van der Waals surface area (Å²) in [5.41, 5.74) is 11.8. The van der Waals surface area contributed by atoms with E-state index in [4.69, 9.17) is 16.2 Å². The standard InChI is InChI=1S/C17H12FN7O2/c18-10-6-2-4-8-12(10)27-16-9-5-1-3-7-11(9)25(23-16)17-21-14(19)13(24-26)15(20)22-17/h1-8H,(H4,19,20,21,22). The van der Waals surface area contributed by atoms with Crippen molar-refractivity contribution in [3.63, 3.8) is 0 Å². The molecular weight excluding hydrogens is 353 g/mol. The second-order valence-electron chi connectivity index (χ2n) is 5.50. The molecule has 0 aliphatic carbocycles. The first-order valence-electron chi connectivity index (χ1n) is 7.75. The minimum Gasteiger partial charge on any atom is -0.434 e. The van der Waals surface area contributed by atoms with Crippen molar-refractivity contribution in [3.05, 3.63) is 59.3 Å². The van der Waals surface area contributed by atoms with Crippen molar-refractivity contribution in [2.24, 2.45) is 5.18 Å². The second-order valence-corrected chi connectivity index (χ2v) is 5.50. The Morgan fingerprint density at radius 1 is 1.00 bits per heavy atom. The molecule has 4 rings (SSSR count). The van der Waals surface area contributed by atoms with Crippen LogP contribution in [0.1, 0.15) is 0 Å². The molecule has 0 radical (unpaired) electrons. The van der Waals surface area contributed by atoms with Crippen molar-refractivity contribution in [1.29, 1.82) is 0 Å². The Hall–Kier alpha value is -4.08. The maximum atomic E-state index is 13.9. The Labute approximate surface area is 151 Å². The zero-order chi connectivity index (χ0) is 19.0. The maximum absolute atomic E-state index is 13.9. The predicted octanol–water partition coefficient (Wildman–Crippen LogP) is 3.31. The fourth-order valence-electron chi connectivity index (χ4n) is 2.56. The van der Waals surface area contributed by atoms with Gasteiger partial charge in [0.15, 0.2) is 28.9 Å². The molecule has 0 saturated heterocycles. The molecule has 0 aliphatic rings. The van der Waals surface area contributed by atoms with Gasteiger partial charge in [-0.15, -0.1) is 10.0 Å². The van der Waals surface area contributed by atoms with Crippen LogP contribution >= 0.6 is 0 Å². The zero-order valence-electron chi connectivity index (χ0n) is 13.7. The number of hydrogen-bond donors (Lipinski definition) is 2. The van der Waals surface area contributed by atoms with Crippen molar-refractivity contribution in [1.82, 2.24) is 19.7 Å². The number of hydrogen-bond acceptors (Lipinski definition) is 8. The number of nitrogens with two attached hydrogens (primary N) is 2. The van der Waals surface area contributed by atoms with Crippen LogP contribution in [0, 0.1) is 10.7 Å². The van der Waals surface area contributed by atoms with Crippen molar-refractivity contribution >= 4 is 28.2 Å². The van der Waals surface area contributed by atoms with Crippen LogP contribution in [0.4, 0.5) is 21.7 Å². The zero-order valence-corrected chi connectivity index (χ0v) is 13.7. The number of nitrogens with zero attached hydrogens (tertiary/aromatic N) is 5. The van der Waals surface area contributed by atoms with Crippen molar-refractivity contribution in [2.75, 3.05) is 11.5 Å². The van der Waals surface area contributed by atoms with Gasteiger partial charge in [0.1, 0.15) is 0 Å². The Kier molecular flexibility index (Phi) is 3.84. The molecule has 4 aromatic rings. The van der Waals surface area contributed by atoms with Crippen LogP contribution in [0.15, 0.2) is 53.7 Å². The van der Waals surface area contributed by atoms with Crippen LogP contribution in [0.3, 0.4) is 0 Å². The SMILES string of the molecule is Nc1nc(-n2nc(Oc3ccccc3F)c3ccccc32)nc(N)c1N=O. The van der Waals surface area contributed by atoms with Gasteiger partial charge in [0.25, 0.3) is 5.95 Å². The number of fused-ring (bicyclic) bond motifs is 1. The lowest BCUT2D eigenvalue weighted by Crippen LogP contribution is -2.08. The van der Waals surface area contributed by atoms with Crippen LogP contribution < -0.4 is 16.2 Å². The molecular formula is C17H12FN7O2. The lowest BCUT2D eigenvalue weighted by molar-refractivity contribution is 0.427. The van der Waals surface area contributed by atoms with Crippen LogP contribution in [-0.4, -0.2) is 19.7 Å². The van der Waals surface area contributed by atoms with E-state index in [2.05, 4.69) is 20.2 Å². The molecule has 2 aromatic carbocycles. The first kappa shape index (κ1) is 16.4. The summed E-state index contributed by atoms with van der Waals surface area (Å²) in [4.78, 5) is 18.8. The summed E-state index contributed by atoms with van der Waals surface area (Å²) >= 11 is 0. The summed E-state index contributed by atoms with van der Waals surface area (Å²) in [5, 5.41) is 7.63. The van der Waals surface area contributed by atoms with Gasteiger partial charge in [-0.1, -0.05) is 24.3 Å². The molecule has 0 unspecified atom stereocenters. The van der Waals surface area contributed by atoms with Crippen molar-refractivity contribution < 1.29 is 9.13 Å². The normalized spacial score (nSPS) is 10.9. The first-order chi connectivity index (χ1) is 13.1. The molecule has 0 spiro atoms. The van der Waals surface area contributed by atoms with E-state index in [1.807, 2.05) is 0 Å². The van der Waals surface area contributed by atoms with Gasteiger partial charge in [-0.3, -0.25) is 0 Å². The van der Waals surface area contributed by atoms with Gasteiger partial charge in [-0.05, 0) is 29.4 Å². The van der Waals surface area contributed by atoms with Crippen LogP contribution in [-0.2, 0) is 0 Å². The van der Waals surface area contributed by atoms with E-state index in [-0.39, 0.29) is 34.9 Å². The fraction of sp³-hybridized carbons (Fsp3) is 0. The van der Waals surface area contributed by atoms with Gasteiger partial charge in [-0.25, -0.2) is 4.39 Å². The third-order valence-electron chi connectivity index (χ3n) is 3.80. The number of rotatable bonds is 4. The highest BCUT2D eigenvalue weighted by atomic mass is 19.1. The van der Waals surface area contributed by atoms with Crippen molar-refractivity contribution in [2.45, 2.75) is 0 Å². The van der Waals surface area contributed by atoms with Gasteiger partial charge < -0.3 is 16.2 Å². The smallest absolute Gasteiger partial charge is 0.255 e. The maximum Gasteiger partial charge on any atom is 0.255 e. The molecule has 134 valence electrons. The quantitative estimate of drug-likeness (QED) is 0.530. The van der Waals surface area contributed by atoms with Gasteiger partial charge in [0.2, 0.25) is 5.88 Å². The molecule has 0 fully saturated rings. The average Bonchev–Trinajstić information content (AvgIpc) is 3.02. The molecule has 0 atom stereocenters. The third-order valence-corrected chi connectivity index (χ3v) is 3.80. The highest BCUT2D eigenvalue weighted by Gasteiger charge is 2.19. The highest BCUT2D eigenvalue weighted by Crippen LogP contribution is 2.33. The molecule has 27 heavy (non-hydrogen) atoms. The van der Waals surface area contributed by atoms with E-state index in [1.54, 1.807) is 36.4 Å². The van der Waals surface area contributed by atoms with Gasteiger partial charge in [0.05, 0.1) is 10.9 Å². The Morgan fingerprint density at radius 2 is 1.67 bits per heavy atom. The highest BCUT2D eigenvalue weighted by molar-refractivity contribution is 5.86. The lowest BCUT2D eigenvalue weighted by Gasteiger charge is -2.05. The number of halogens is 1. The fourth-order valence-corrected chi connectivity index (χ4v) is 2.56. The first-order valence-corrected chi connectivity index (χ1v) is 7.75. The van der Waals surface area contributed by atoms with Crippen molar-refractivity contribution in [3.8, 4) is 17.6 Å². The molecule has 9 nitrogen and oxygen atoms in total. The monoisotopic (exact) mass is 365 g/mol. The summed E-state index contributed by atoms with van der Waals surface area (Å²) in [6.45, 7) is 0. The van der Waals surface area contributed by atoms with Crippen LogP contribution in [0.2, 0.25) is 0 Å². The molecule has 0 saturated carbocycles. The van der Waals surface area contributed by atoms with E-state index in [9.17, 15) is 9.30 Å². The second kappa shape index (κ2) is 6.33. The van der Waals surface area contributed by atoms with E-state index in [0.717, 1.165) is 0 Å². The van der Waals surface area contributed by atoms with Gasteiger partial charge in [0, 0.05) is 0 Å². The molecule has 2 aromatic heterocycles. The number of aromatic nitrogens is 4. The summed E-state index contributed by atoms with van der Waals surface area (Å²) in [7, 11) is 0. The Balaban J connectivity index is 1.88. The molecule has 0 bridgehead atoms. The van der Waals surface area contributed by atoms with Crippen LogP contribution in [0.25, 0.3) is 16.9 Å². The largest absolute Gasteiger partial charge is 0.434 e. The number of ether oxygens (including phenoxy) is 1. The number of para-hydroxylation sites is 2. The minimum atomic E-state index is -0.526. The van der Waals surface area contributed by atoms with Crippen LogP contribution in [0.5, 0.6) is 11.6 Å². The van der Waals surface area contributed by atoms with Gasteiger partial charge >= 0.3 is 0 Å². The van der Waals surface area contributed by atoms with E-state index < -0.39 is 5.82 Å². The summed E-state index contributed by atoms with van der Waals surface area (Å²) < 4.78 is 20.9. The number of nitrogen functional groups attached to an aromatic ring is 2. The summed E-state index contributed by atoms with van der Waals surface area (Å²) in [6.07, 6.45) is 0. The summed E-state index contributed by atoms with van der Waals surface area (Å²) in [5.74, 6) is -0.686. The van der Waals surface area contributed by atoms with E-state index >= 15 is 0 Å². The summed E-state index contributed by atoms with van der Waals surface area (Å²) in [6, 6.07) is 13.0. The Bertz CT molecular complexity index is 1150. The molecule has 0 amide bonds. The number of benzene rings is 2. The topological polar surface area (TPSA) is 134 Å². The van der Waals surface area contributed by atoms with E-state index in [1.165, 1.54) is 16.8 Å².